The molecule has 0 saturated heterocycles. The van der Waals surface area contributed by atoms with E-state index in [-0.39, 0.29) is 17.6 Å². The average Bonchev–Trinajstić information content (AvgIpc) is 3.27. The van der Waals surface area contributed by atoms with Crippen LogP contribution >= 0.6 is 23.1 Å². The highest BCUT2D eigenvalue weighted by molar-refractivity contribution is 7.99. The number of fused-ring (bicyclic) bond motifs is 2. The van der Waals surface area contributed by atoms with Gasteiger partial charge in [0.05, 0.1) is 10.6 Å². The van der Waals surface area contributed by atoms with Crippen LogP contribution in [-0.4, -0.2) is 22.6 Å². The van der Waals surface area contributed by atoms with Crippen molar-refractivity contribution in [2.45, 2.75) is 31.4 Å². The largest absolute Gasteiger partial charge is 0.431 e. The van der Waals surface area contributed by atoms with Gasteiger partial charge in [0.25, 0.3) is 11.1 Å². The first-order valence-electron chi connectivity index (χ1n) is 8.77. The summed E-state index contributed by atoms with van der Waals surface area (Å²) in [4.78, 5) is 30.5. The van der Waals surface area contributed by atoms with Crippen molar-refractivity contribution in [1.29, 1.82) is 0 Å². The molecule has 140 valence electrons. The number of benzene rings is 1. The monoisotopic (exact) mass is 401 g/mol. The Morgan fingerprint density at radius 1 is 1.33 bits per heavy atom. The van der Waals surface area contributed by atoms with Crippen LogP contribution in [0.5, 0.6) is 0 Å². The Morgan fingerprint density at radius 2 is 2.19 bits per heavy atom. The molecule has 3 aromatic rings. The summed E-state index contributed by atoms with van der Waals surface area (Å²) >= 11 is 2.70. The van der Waals surface area contributed by atoms with Crippen molar-refractivity contribution in [2.75, 3.05) is 5.75 Å². The van der Waals surface area contributed by atoms with Crippen molar-refractivity contribution < 1.29 is 14.0 Å². The van der Waals surface area contributed by atoms with Gasteiger partial charge in [0.2, 0.25) is 5.91 Å². The van der Waals surface area contributed by atoms with E-state index in [9.17, 15) is 9.59 Å². The van der Waals surface area contributed by atoms with Gasteiger partial charge in [0.1, 0.15) is 5.52 Å². The number of thiophene rings is 1. The Kier molecular flexibility index (Phi) is 5.18. The van der Waals surface area contributed by atoms with E-state index in [0.29, 0.717) is 21.6 Å². The van der Waals surface area contributed by atoms with Crippen LogP contribution in [-0.2, 0) is 17.6 Å². The average molecular weight is 402 g/mol. The Labute approximate surface area is 164 Å². The smallest absolute Gasteiger partial charge is 0.279 e. The molecule has 0 saturated carbocycles. The van der Waals surface area contributed by atoms with E-state index in [1.54, 1.807) is 0 Å². The van der Waals surface area contributed by atoms with Gasteiger partial charge in [-0.25, -0.2) is 4.98 Å². The lowest BCUT2D eigenvalue weighted by atomic mass is 9.90. The maximum absolute atomic E-state index is 12.3. The number of carbonyl (C=O) groups excluding carboxylic acids is 2. The Bertz CT molecular complexity index is 962. The van der Waals surface area contributed by atoms with Gasteiger partial charge in [-0.15, -0.1) is 11.3 Å². The molecule has 27 heavy (non-hydrogen) atoms. The van der Waals surface area contributed by atoms with Crippen LogP contribution in [0.15, 0.2) is 40.0 Å². The lowest BCUT2D eigenvalue weighted by Crippen LogP contribution is -2.42. The fourth-order valence-electron chi connectivity index (χ4n) is 3.08. The van der Waals surface area contributed by atoms with E-state index in [4.69, 9.17) is 4.42 Å². The predicted molar refractivity (Wildman–Crippen MR) is 106 cm³/mol. The first kappa shape index (κ1) is 18.1. The van der Waals surface area contributed by atoms with Crippen LogP contribution in [0.3, 0.4) is 0 Å². The number of para-hydroxylation sites is 2. The molecule has 4 rings (SSSR count). The number of aromatic nitrogens is 1. The molecule has 0 radical (unpaired) electrons. The third-order valence-electron chi connectivity index (χ3n) is 4.47. The van der Waals surface area contributed by atoms with Gasteiger partial charge >= 0.3 is 0 Å². The number of nitrogens with one attached hydrogen (secondary N) is 2. The van der Waals surface area contributed by atoms with E-state index in [1.807, 2.05) is 30.3 Å². The van der Waals surface area contributed by atoms with E-state index >= 15 is 0 Å². The highest BCUT2D eigenvalue weighted by Gasteiger charge is 2.21. The van der Waals surface area contributed by atoms with Crippen molar-refractivity contribution >= 4 is 46.0 Å². The molecular formula is C19H19N3O3S2. The molecule has 1 aromatic carbocycles. The molecule has 1 aliphatic rings. The zero-order valence-electron chi connectivity index (χ0n) is 14.8. The molecule has 1 atom stereocenters. The molecule has 0 fully saturated rings. The third kappa shape index (κ3) is 4.17. The molecule has 2 heterocycles. The van der Waals surface area contributed by atoms with Crippen molar-refractivity contribution in [1.82, 2.24) is 15.8 Å². The molecular weight excluding hydrogens is 382 g/mol. The minimum Gasteiger partial charge on any atom is -0.431 e. The van der Waals surface area contributed by atoms with Gasteiger partial charge in [0, 0.05) is 4.88 Å². The van der Waals surface area contributed by atoms with Gasteiger partial charge < -0.3 is 4.42 Å². The minimum atomic E-state index is -0.314. The number of rotatable bonds is 4. The predicted octanol–water partition coefficient (Wildman–Crippen LogP) is 3.57. The molecule has 0 unspecified atom stereocenters. The highest BCUT2D eigenvalue weighted by atomic mass is 32.2. The lowest BCUT2D eigenvalue weighted by Gasteiger charge is -2.16. The van der Waals surface area contributed by atoms with Gasteiger partial charge in [-0.3, -0.25) is 20.4 Å². The quantitative estimate of drug-likeness (QED) is 0.516. The summed E-state index contributed by atoms with van der Waals surface area (Å²) in [6, 6.07) is 9.38. The van der Waals surface area contributed by atoms with Gasteiger partial charge in [-0.1, -0.05) is 30.8 Å². The second-order valence-corrected chi connectivity index (χ2v) is 8.71. The molecule has 0 spiro atoms. The van der Waals surface area contributed by atoms with E-state index in [0.717, 1.165) is 18.4 Å². The van der Waals surface area contributed by atoms with Crippen LogP contribution < -0.4 is 10.9 Å². The summed E-state index contributed by atoms with van der Waals surface area (Å²) in [5.74, 6) is 0.172. The summed E-state index contributed by atoms with van der Waals surface area (Å²) < 4.78 is 5.55. The summed E-state index contributed by atoms with van der Waals surface area (Å²) in [5.41, 5.74) is 7.65. The molecule has 1 aliphatic carbocycles. The first-order chi connectivity index (χ1) is 13.1. The summed E-state index contributed by atoms with van der Waals surface area (Å²) in [5, 5.41) is 0.428. The summed E-state index contributed by atoms with van der Waals surface area (Å²) in [6.07, 6.45) is 3.22. The van der Waals surface area contributed by atoms with E-state index in [2.05, 4.69) is 22.8 Å². The summed E-state index contributed by atoms with van der Waals surface area (Å²) in [7, 11) is 0. The zero-order chi connectivity index (χ0) is 18.8. The second-order valence-electron chi connectivity index (χ2n) is 6.65. The second kappa shape index (κ2) is 7.74. The summed E-state index contributed by atoms with van der Waals surface area (Å²) in [6.45, 7) is 2.23. The van der Waals surface area contributed by atoms with Crippen LogP contribution in [0.2, 0.25) is 0 Å². The zero-order valence-corrected chi connectivity index (χ0v) is 16.4. The maximum Gasteiger partial charge on any atom is 0.279 e. The van der Waals surface area contributed by atoms with E-state index < -0.39 is 0 Å². The number of hydrogen-bond acceptors (Lipinski definition) is 6. The molecule has 6 nitrogen and oxygen atoms in total. The molecule has 2 aromatic heterocycles. The third-order valence-corrected chi connectivity index (χ3v) is 6.53. The minimum absolute atomic E-state index is 0.103. The number of aryl methyl sites for hydroxylation is 1. The van der Waals surface area contributed by atoms with Crippen LogP contribution in [0.25, 0.3) is 11.1 Å². The maximum atomic E-state index is 12.3. The standard InChI is InChI=1S/C19H19N3O3S2/c1-11-6-7-15-12(8-11)9-16(27-15)18(24)22-21-17(23)10-26-19-20-13-4-2-3-5-14(13)25-19/h2-5,9,11H,6-8,10H2,1H3,(H,21,23)(H,22,24)/t11-/m1/s1. The number of amides is 2. The van der Waals surface area contributed by atoms with Crippen molar-refractivity contribution in [2.24, 2.45) is 5.92 Å². The van der Waals surface area contributed by atoms with Crippen LogP contribution in [0.4, 0.5) is 0 Å². The highest BCUT2D eigenvalue weighted by Crippen LogP contribution is 2.32. The van der Waals surface area contributed by atoms with Crippen LogP contribution in [0, 0.1) is 5.92 Å². The molecule has 2 amide bonds. The molecule has 2 N–H and O–H groups in total. The Morgan fingerprint density at radius 3 is 3.04 bits per heavy atom. The Balaban J connectivity index is 1.28. The number of hydrogen-bond donors (Lipinski definition) is 2. The van der Waals surface area contributed by atoms with Crippen molar-refractivity contribution in [3.63, 3.8) is 0 Å². The first-order valence-corrected chi connectivity index (χ1v) is 10.6. The van der Waals surface area contributed by atoms with E-state index in [1.165, 1.54) is 40.0 Å². The van der Waals surface area contributed by atoms with Gasteiger partial charge in [0.15, 0.2) is 5.58 Å². The van der Waals surface area contributed by atoms with Crippen LogP contribution in [0.1, 0.15) is 33.5 Å². The number of nitrogens with zero attached hydrogens (tertiary/aromatic N) is 1. The van der Waals surface area contributed by atoms with Crippen molar-refractivity contribution in [3.05, 3.63) is 45.6 Å². The van der Waals surface area contributed by atoms with Crippen molar-refractivity contribution in [3.8, 4) is 0 Å². The lowest BCUT2D eigenvalue weighted by molar-refractivity contribution is -0.119. The topological polar surface area (TPSA) is 84.2 Å². The normalized spacial score (nSPS) is 16.1. The molecule has 0 bridgehead atoms. The van der Waals surface area contributed by atoms with Gasteiger partial charge in [-0.2, -0.15) is 0 Å². The fraction of sp³-hybridized carbons (Fsp3) is 0.316. The van der Waals surface area contributed by atoms with Gasteiger partial charge in [-0.05, 0) is 48.9 Å². The number of carbonyl (C=O) groups is 2. The number of oxazole rings is 1. The molecule has 0 aliphatic heterocycles. The molecule has 8 heteroatoms. The number of thioether (sulfide) groups is 1. The Hall–Kier alpha value is -2.32. The fourth-order valence-corrected chi connectivity index (χ4v) is 4.82. The SMILES string of the molecule is C[C@@H]1CCc2sc(C(=O)NNC(=O)CSc3nc4ccccc4o3)cc2C1. The number of hydrazine groups is 1.